The topological polar surface area (TPSA) is 23.5 Å². The molecular formula is C16H22ClNO. The van der Waals surface area contributed by atoms with Gasteiger partial charge in [0.2, 0.25) is 0 Å². The van der Waals surface area contributed by atoms with Crippen LogP contribution in [-0.2, 0) is 0 Å². The summed E-state index contributed by atoms with van der Waals surface area (Å²) < 4.78 is 0. The zero-order chi connectivity index (χ0) is 13.4. The molecule has 0 heterocycles. The van der Waals surface area contributed by atoms with Crippen LogP contribution in [0.3, 0.4) is 0 Å². The lowest BCUT2D eigenvalue weighted by atomic mass is 10.1. The minimum absolute atomic E-state index is 0.452. The van der Waals surface area contributed by atoms with E-state index in [1.807, 2.05) is 12.1 Å². The van der Waals surface area contributed by atoms with E-state index < -0.39 is 6.10 Å². The van der Waals surface area contributed by atoms with Crippen LogP contribution < -0.4 is 4.90 Å². The van der Waals surface area contributed by atoms with E-state index in [-0.39, 0.29) is 0 Å². The Bertz CT molecular complexity index is 438. The summed E-state index contributed by atoms with van der Waals surface area (Å²) in [7, 11) is 0. The summed E-state index contributed by atoms with van der Waals surface area (Å²) in [6.45, 7) is 4.06. The number of hydrogen-bond acceptors (Lipinski definition) is 2. The summed E-state index contributed by atoms with van der Waals surface area (Å²) >= 11 is 6.42. The van der Waals surface area contributed by atoms with Gasteiger partial charge in [0.25, 0.3) is 0 Å². The molecular weight excluding hydrogens is 258 g/mol. The summed E-state index contributed by atoms with van der Waals surface area (Å²) in [6, 6.07) is 5.99. The van der Waals surface area contributed by atoms with Crippen molar-refractivity contribution in [2.24, 2.45) is 11.8 Å². The van der Waals surface area contributed by atoms with Crippen LogP contribution in [0.25, 0.3) is 0 Å². The molecule has 104 valence electrons. The maximum atomic E-state index is 9.62. The molecule has 0 aromatic heterocycles. The maximum absolute atomic E-state index is 9.62. The third-order valence-corrected chi connectivity index (χ3v) is 4.45. The van der Waals surface area contributed by atoms with Crippen molar-refractivity contribution >= 4 is 17.3 Å². The summed E-state index contributed by atoms with van der Waals surface area (Å²) in [6.07, 6.45) is 5.01. The van der Waals surface area contributed by atoms with Crippen molar-refractivity contribution in [3.63, 3.8) is 0 Å². The number of aliphatic hydroxyl groups excluding tert-OH is 1. The minimum atomic E-state index is -0.452. The Morgan fingerprint density at radius 3 is 2.21 bits per heavy atom. The Morgan fingerprint density at radius 1 is 1.21 bits per heavy atom. The standard InChI is InChI=1S/C16H22ClNO/c1-11(19)14-6-7-16(15(17)8-14)18(9-12-2-3-12)10-13-4-5-13/h6-8,11-13,19H,2-5,9-10H2,1H3. The van der Waals surface area contributed by atoms with Crippen LogP contribution in [0, 0.1) is 11.8 Å². The number of halogens is 1. The smallest absolute Gasteiger partial charge is 0.0762 e. The van der Waals surface area contributed by atoms with Crippen LogP contribution in [0.4, 0.5) is 5.69 Å². The molecule has 2 saturated carbocycles. The molecule has 0 amide bonds. The van der Waals surface area contributed by atoms with Crippen LogP contribution in [0.2, 0.25) is 5.02 Å². The van der Waals surface area contributed by atoms with Gasteiger partial charge in [-0.1, -0.05) is 17.7 Å². The van der Waals surface area contributed by atoms with E-state index >= 15 is 0 Å². The van der Waals surface area contributed by atoms with Crippen molar-refractivity contribution < 1.29 is 5.11 Å². The third-order valence-electron chi connectivity index (χ3n) is 4.15. The zero-order valence-corrected chi connectivity index (χ0v) is 12.2. The first-order valence-corrected chi connectivity index (χ1v) is 7.73. The molecule has 3 rings (SSSR count). The second-order valence-electron chi connectivity index (χ2n) is 6.18. The number of benzene rings is 1. The van der Waals surface area contributed by atoms with Crippen molar-refractivity contribution in [3.8, 4) is 0 Å². The van der Waals surface area contributed by atoms with Crippen LogP contribution in [0.1, 0.15) is 44.3 Å². The number of hydrogen-bond donors (Lipinski definition) is 1. The predicted molar refractivity (Wildman–Crippen MR) is 79.7 cm³/mol. The molecule has 1 atom stereocenters. The van der Waals surface area contributed by atoms with E-state index in [0.29, 0.717) is 0 Å². The van der Waals surface area contributed by atoms with Gasteiger partial charge in [0.05, 0.1) is 16.8 Å². The number of rotatable bonds is 6. The van der Waals surface area contributed by atoms with Gasteiger partial charge < -0.3 is 10.0 Å². The average Bonchev–Trinajstić information content (AvgIpc) is 3.23. The molecule has 0 spiro atoms. The van der Waals surface area contributed by atoms with Gasteiger partial charge in [-0.05, 0) is 62.1 Å². The summed E-state index contributed by atoms with van der Waals surface area (Å²) in [5.74, 6) is 1.73. The second-order valence-corrected chi connectivity index (χ2v) is 6.59. The largest absolute Gasteiger partial charge is 0.389 e. The molecule has 19 heavy (non-hydrogen) atoms. The van der Waals surface area contributed by atoms with E-state index in [4.69, 9.17) is 11.6 Å². The zero-order valence-electron chi connectivity index (χ0n) is 11.5. The van der Waals surface area contributed by atoms with Gasteiger partial charge in [-0.3, -0.25) is 0 Å². The van der Waals surface area contributed by atoms with E-state index in [9.17, 15) is 5.11 Å². The molecule has 0 saturated heterocycles. The Kier molecular flexibility index (Phi) is 3.72. The molecule has 1 aromatic carbocycles. The molecule has 1 N–H and O–H groups in total. The first-order valence-electron chi connectivity index (χ1n) is 7.36. The number of anilines is 1. The van der Waals surface area contributed by atoms with Gasteiger partial charge in [0.15, 0.2) is 0 Å². The van der Waals surface area contributed by atoms with Crippen LogP contribution in [-0.4, -0.2) is 18.2 Å². The van der Waals surface area contributed by atoms with Gasteiger partial charge >= 0.3 is 0 Å². The highest BCUT2D eigenvalue weighted by Gasteiger charge is 2.30. The van der Waals surface area contributed by atoms with Crippen LogP contribution in [0.15, 0.2) is 18.2 Å². The fraction of sp³-hybridized carbons (Fsp3) is 0.625. The Labute approximate surface area is 120 Å². The molecule has 0 radical (unpaired) electrons. The minimum Gasteiger partial charge on any atom is -0.389 e. The first-order chi connectivity index (χ1) is 9.13. The normalized spacial score (nSPS) is 20.4. The van der Waals surface area contributed by atoms with Crippen molar-refractivity contribution in [2.45, 2.75) is 38.7 Å². The second kappa shape index (κ2) is 5.34. The van der Waals surface area contributed by atoms with Gasteiger partial charge in [-0.25, -0.2) is 0 Å². The molecule has 2 aliphatic carbocycles. The quantitative estimate of drug-likeness (QED) is 0.850. The van der Waals surface area contributed by atoms with Crippen molar-refractivity contribution in [2.75, 3.05) is 18.0 Å². The lowest BCUT2D eigenvalue weighted by Crippen LogP contribution is -2.28. The highest BCUT2D eigenvalue weighted by Crippen LogP contribution is 2.38. The molecule has 3 heteroatoms. The Hall–Kier alpha value is -0.730. The highest BCUT2D eigenvalue weighted by atomic mass is 35.5. The third kappa shape index (κ3) is 3.43. The molecule has 1 unspecified atom stereocenters. The van der Waals surface area contributed by atoms with Crippen molar-refractivity contribution in [3.05, 3.63) is 28.8 Å². The first kappa shape index (κ1) is 13.3. The van der Waals surface area contributed by atoms with Crippen molar-refractivity contribution in [1.29, 1.82) is 0 Å². The lowest BCUT2D eigenvalue weighted by molar-refractivity contribution is 0.199. The summed E-state index contributed by atoms with van der Waals surface area (Å²) in [4.78, 5) is 2.46. The fourth-order valence-corrected chi connectivity index (χ4v) is 2.84. The van der Waals surface area contributed by atoms with Gasteiger partial charge in [-0.15, -0.1) is 0 Å². The molecule has 1 aromatic rings. The van der Waals surface area contributed by atoms with E-state index in [2.05, 4.69) is 11.0 Å². The van der Waals surface area contributed by atoms with E-state index in [1.165, 1.54) is 25.7 Å². The van der Waals surface area contributed by atoms with E-state index in [0.717, 1.165) is 41.2 Å². The predicted octanol–water partition coefficient (Wildman–Crippen LogP) is 4.02. The van der Waals surface area contributed by atoms with Crippen LogP contribution >= 0.6 is 11.6 Å². The lowest BCUT2D eigenvalue weighted by Gasteiger charge is -2.26. The highest BCUT2D eigenvalue weighted by molar-refractivity contribution is 6.33. The molecule has 2 aliphatic rings. The van der Waals surface area contributed by atoms with Gasteiger partial charge in [0, 0.05) is 13.1 Å². The Balaban J connectivity index is 1.79. The molecule has 2 nitrogen and oxygen atoms in total. The summed E-state index contributed by atoms with van der Waals surface area (Å²) in [5.41, 5.74) is 2.04. The Morgan fingerprint density at radius 2 is 1.79 bits per heavy atom. The monoisotopic (exact) mass is 279 g/mol. The van der Waals surface area contributed by atoms with Gasteiger partial charge in [0.1, 0.15) is 0 Å². The van der Waals surface area contributed by atoms with Gasteiger partial charge in [-0.2, -0.15) is 0 Å². The molecule has 0 bridgehead atoms. The van der Waals surface area contributed by atoms with Crippen LogP contribution in [0.5, 0.6) is 0 Å². The molecule has 0 aliphatic heterocycles. The maximum Gasteiger partial charge on any atom is 0.0762 e. The average molecular weight is 280 g/mol. The SMILES string of the molecule is CC(O)c1ccc(N(CC2CC2)CC2CC2)c(Cl)c1. The fourth-order valence-electron chi connectivity index (χ4n) is 2.53. The number of aliphatic hydroxyl groups is 1. The molecule has 2 fully saturated rings. The van der Waals surface area contributed by atoms with Crippen molar-refractivity contribution in [1.82, 2.24) is 0 Å². The summed E-state index contributed by atoms with van der Waals surface area (Å²) in [5, 5.41) is 10.4. The number of nitrogens with zero attached hydrogens (tertiary/aromatic N) is 1. The van der Waals surface area contributed by atoms with E-state index in [1.54, 1.807) is 6.92 Å².